The SMILES string of the molecule is COc1cc2c(Oc3ccc(C(C(N)=O)c4ncc(-c5ccc(F)cc5)o4)cc3F)ccnc2cc1OCCCN1CCCCC1. The Morgan fingerprint density at radius 3 is 2.50 bits per heavy atom. The molecule has 6 rings (SSSR count). The Hall–Kier alpha value is -5.03. The molecule has 1 fully saturated rings. The number of likely N-dealkylation sites (tertiary alicyclic amines) is 1. The Balaban J connectivity index is 1.19. The molecule has 0 bridgehead atoms. The van der Waals surface area contributed by atoms with Gasteiger partial charge in [0.25, 0.3) is 0 Å². The fraction of sp³-hybridized carbons (Fsp3) is 0.286. The summed E-state index contributed by atoms with van der Waals surface area (Å²) < 4.78 is 52.2. The molecule has 0 spiro atoms. The van der Waals surface area contributed by atoms with Gasteiger partial charge in [-0.25, -0.2) is 13.8 Å². The highest BCUT2D eigenvalue weighted by Gasteiger charge is 2.27. The van der Waals surface area contributed by atoms with Crippen molar-refractivity contribution >= 4 is 16.8 Å². The molecule has 2 N–H and O–H groups in total. The van der Waals surface area contributed by atoms with Crippen molar-refractivity contribution in [3.63, 3.8) is 0 Å². The summed E-state index contributed by atoms with van der Waals surface area (Å²) in [6.07, 6.45) is 7.68. The van der Waals surface area contributed by atoms with Crippen LogP contribution in [0.4, 0.5) is 8.78 Å². The fourth-order valence-electron chi connectivity index (χ4n) is 5.64. The number of rotatable bonds is 12. The number of oxazole rings is 1. The van der Waals surface area contributed by atoms with Crippen molar-refractivity contribution < 1.29 is 32.2 Å². The van der Waals surface area contributed by atoms with Crippen molar-refractivity contribution in [1.29, 1.82) is 0 Å². The predicted octanol–water partition coefficient (Wildman–Crippen LogP) is 6.84. The van der Waals surface area contributed by atoms with E-state index < -0.39 is 23.5 Å². The van der Waals surface area contributed by atoms with Crippen LogP contribution in [0.25, 0.3) is 22.2 Å². The zero-order valence-corrected chi connectivity index (χ0v) is 25.4. The van der Waals surface area contributed by atoms with E-state index in [1.54, 1.807) is 31.5 Å². The highest BCUT2D eigenvalue weighted by molar-refractivity contribution is 5.88. The molecule has 46 heavy (non-hydrogen) atoms. The maximum atomic E-state index is 15.5. The highest BCUT2D eigenvalue weighted by atomic mass is 19.1. The number of methoxy groups -OCH3 is 1. The lowest BCUT2D eigenvalue weighted by Gasteiger charge is -2.26. The molecule has 238 valence electrons. The van der Waals surface area contributed by atoms with Crippen LogP contribution in [0.3, 0.4) is 0 Å². The summed E-state index contributed by atoms with van der Waals surface area (Å²) in [5.74, 6) is -1.41. The molecular weight excluding hydrogens is 594 g/mol. The highest BCUT2D eigenvalue weighted by Crippen LogP contribution is 2.38. The quantitative estimate of drug-likeness (QED) is 0.150. The number of ether oxygens (including phenoxy) is 3. The van der Waals surface area contributed by atoms with Gasteiger partial charge in [-0.15, -0.1) is 0 Å². The van der Waals surface area contributed by atoms with Gasteiger partial charge in [0.1, 0.15) is 17.5 Å². The van der Waals surface area contributed by atoms with E-state index >= 15 is 4.39 Å². The summed E-state index contributed by atoms with van der Waals surface area (Å²) in [6.45, 7) is 3.81. The maximum Gasteiger partial charge on any atom is 0.234 e. The van der Waals surface area contributed by atoms with Gasteiger partial charge in [-0.1, -0.05) is 12.5 Å². The number of primary amides is 1. The van der Waals surface area contributed by atoms with Crippen molar-refractivity contribution in [3.8, 4) is 34.3 Å². The molecule has 3 aromatic carbocycles. The number of hydrogen-bond acceptors (Lipinski definition) is 8. The molecule has 0 aliphatic carbocycles. The molecule has 1 atom stereocenters. The lowest BCUT2D eigenvalue weighted by molar-refractivity contribution is -0.118. The van der Waals surface area contributed by atoms with Crippen LogP contribution < -0.4 is 19.9 Å². The van der Waals surface area contributed by atoms with Gasteiger partial charge in [0.2, 0.25) is 11.8 Å². The molecule has 0 saturated carbocycles. The van der Waals surface area contributed by atoms with Gasteiger partial charge >= 0.3 is 0 Å². The molecule has 1 saturated heterocycles. The predicted molar refractivity (Wildman–Crippen MR) is 168 cm³/mol. The van der Waals surface area contributed by atoms with E-state index in [1.807, 2.05) is 0 Å². The standard InChI is InChI=1S/C35H34F2N4O5/c1-43-30-19-25-27(20-31(30)44-17-5-16-41-14-3-2-4-15-41)39-13-12-28(25)45-29-11-8-23(18-26(29)37)33(34(38)42)35-40-21-32(46-35)22-6-9-24(36)10-7-22/h6-13,18-21,33H,2-5,14-17H2,1H3,(H2,38,42). The van der Waals surface area contributed by atoms with Crippen molar-refractivity contribution in [2.75, 3.05) is 33.4 Å². The van der Waals surface area contributed by atoms with Crippen molar-refractivity contribution in [1.82, 2.24) is 14.9 Å². The molecule has 5 aromatic rings. The second kappa shape index (κ2) is 13.9. The second-order valence-corrected chi connectivity index (χ2v) is 11.1. The number of piperidine rings is 1. The second-order valence-electron chi connectivity index (χ2n) is 11.1. The topological polar surface area (TPSA) is 113 Å². The molecular formula is C35H34F2N4O5. The molecule has 1 aliphatic rings. The molecule has 11 heteroatoms. The molecule has 1 unspecified atom stereocenters. The number of nitrogens with two attached hydrogens (primary N) is 1. The Labute approximate surface area is 264 Å². The molecule has 3 heterocycles. The fourth-order valence-corrected chi connectivity index (χ4v) is 5.64. The van der Waals surface area contributed by atoms with Gasteiger partial charge in [-0.2, -0.15) is 0 Å². The summed E-state index contributed by atoms with van der Waals surface area (Å²) >= 11 is 0. The van der Waals surface area contributed by atoms with E-state index in [2.05, 4.69) is 14.9 Å². The number of fused-ring (bicyclic) bond motifs is 1. The molecule has 2 aromatic heterocycles. The van der Waals surface area contributed by atoms with Gasteiger partial charge in [-0.05, 0) is 86.4 Å². The monoisotopic (exact) mass is 628 g/mol. The number of pyridine rings is 1. The van der Waals surface area contributed by atoms with Crippen LogP contribution in [0.15, 0.2) is 77.5 Å². The lowest BCUT2D eigenvalue weighted by atomic mass is 9.98. The number of hydrogen-bond donors (Lipinski definition) is 1. The first-order valence-corrected chi connectivity index (χ1v) is 15.2. The molecule has 1 aliphatic heterocycles. The van der Waals surface area contributed by atoms with Crippen molar-refractivity contribution in [3.05, 3.63) is 96.1 Å². The molecule has 9 nitrogen and oxygen atoms in total. The number of carbonyl (C=O) groups excluding carboxylic acids is 1. The third-order valence-electron chi connectivity index (χ3n) is 8.00. The van der Waals surface area contributed by atoms with E-state index in [9.17, 15) is 9.18 Å². The summed E-state index contributed by atoms with van der Waals surface area (Å²) in [7, 11) is 1.56. The third kappa shape index (κ3) is 6.94. The zero-order chi connectivity index (χ0) is 32.0. The van der Waals surface area contributed by atoms with E-state index in [-0.39, 0.29) is 17.2 Å². The van der Waals surface area contributed by atoms with Crippen LogP contribution in [0.1, 0.15) is 43.1 Å². The first-order valence-electron chi connectivity index (χ1n) is 15.2. The third-order valence-corrected chi connectivity index (χ3v) is 8.00. The van der Waals surface area contributed by atoms with Gasteiger partial charge in [0, 0.05) is 29.8 Å². The van der Waals surface area contributed by atoms with E-state index in [0.717, 1.165) is 32.1 Å². The number of amides is 1. The molecule has 1 amide bonds. The van der Waals surface area contributed by atoms with Gasteiger partial charge in [0.15, 0.2) is 28.8 Å². The minimum Gasteiger partial charge on any atom is -0.493 e. The average molecular weight is 629 g/mol. The Kier molecular flexibility index (Phi) is 9.39. The summed E-state index contributed by atoms with van der Waals surface area (Å²) in [4.78, 5) is 23.6. The minimum absolute atomic E-state index is 0.0170. The molecule has 0 radical (unpaired) electrons. The van der Waals surface area contributed by atoms with E-state index in [0.29, 0.717) is 46.1 Å². The maximum absolute atomic E-state index is 15.5. The van der Waals surface area contributed by atoms with E-state index in [1.165, 1.54) is 61.9 Å². The smallest absolute Gasteiger partial charge is 0.234 e. The summed E-state index contributed by atoms with van der Waals surface area (Å²) in [6, 6.07) is 14.9. The number of aromatic nitrogens is 2. The van der Waals surface area contributed by atoms with E-state index in [4.69, 9.17) is 24.4 Å². The van der Waals surface area contributed by atoms with Gasteiger partial charge < -0.3 is 29.3 Å². The number of halogens is 2. The Morgan fingerprint density at radius 1 is 0.957 bits per heavy atom. The van der Waals surface area contributed by atoms with Crippen LogP contribution in [0.5, 0.6) is 23.0 Å². The van der Waals surface area contributed by atoms with Crippen molar-refractivity contribution in [2.45, 2.75) is 31.6 Å². The lowest BCUT2D eigenvalue weighted by Crippen LogP contribution is -2.31. The Morgan fingerprint density at radius 2 is 1.76 bits per heavy atom. The van der Waals surface area contributed by atoms with Gasteiger partial charge in [0.05, 0.1) is 25.4 Å². The zero-order valence-electron chi connectivity index (χ0n) is 25.4. The summed E-state index contributed by atoms with van der Waals surface area (Å²) in [5, 5.41) is 0.603. The largest absolute Gasteiger partial charge is 0.493 e. The van der Waals surface area contributed by atoms with Crippen LogP contribution in [0, 0.1) is 11.6 Å². The number of nitrogens with zero attached hydrogens (tertiary/aromatic N) is 3. The van der Waals surface area contributed by atoms with Crippen LogP contribution in [-0.2, 0) is 4.79 Å². The van der Waals surface area contributed by atoms with Crippen LogP contribution >= 0.6 is 0 Å². The first kappa shape index (κ1) is 31.0. The Bertz CT molecular complexity index is 1820. The van der Waals surface area contributed by atoms with Gasteiger partial charge in [-0.3, -0.25) is 9.78 Å². The van der Waals surface area contributed by atoms with Crippen LogP contribution in [0.2, 0.25) is 0 Å². The minimum atomic E-state index is -1.16. The number of benzene rings is 3. The number of carbonyl (C=O) groups is 1. The normalized spacial score (nSPS) is 14.2. The van der Waals surface area contributed by atoms with Crippen molar-refractivity contribution in [2.24, 2.45) is 5.73 Å². The summed E-state index contributed by atoms with van der Waals surface area (Å²) in [5.41, 5.74) is 7.07. The van der Waals surface area contributed by atoms with Crippen LogP contribution in [-0.4, -0.2) is 54.1 Å². The first-order chi connectivity index (χ1) is 22.4. The average Bonchev–Trinajstić information content (AvgIpc) is 3.54.